The molecule has 32 heavy (non-hydrogen) atoms. The van der Waals surface area contributed by atoms with Crippen LogP contribution in [0.15, 0.2) is 59.2 Å². The number of alkyl halides is 3. The van der Waals surface area contributed by atoms with Crippen molar-refractivity contribution in [1.82, 2.24) is 0 Å². The molecule has 0 fully saturated rings. The predicted molar refractivity (Wildman–Crippen MR) is 113 cm³/mol. The zero-order valence-electron chi connectivity index (χ0n) is 16.8. The molecule has 10 heteroatoms. The number of carboxylic acids is 1. The van der Waals surface area contributed by atoms with Gasteiger partial charge in [-0.1, -0.05) is 23.7 Å². The Hall–Kier alpha value is -3.17. The van der Waals surface area contributed by atoms with Gasteiger partial charge in [-0.15, -0.1) is 0 Å². The number of methoxy groups -OCH3 is 1. The van der Waals surface area contributed by atoms with Crippen molar-refractivity contribution in [2.24, 2.45) is 11.0 Å². The van der Waals surface area contributed by atoms with E-state index >= 15 is 0 Å². The minimum atomic E-state index is -4.50. The molecule has 0 aromatic heterocycles. The molecule has 6 nitrogen and oxygen atoms in total. The van der Waals surface area contributed by atoms with Crippen molar-refractivity contribution in [2.75, 3.05) is 18.7 Å². The van der Waals surface area contributed by atoms with E-state index < -0.39 is 29.5 Å². The summed E-state index contributed by atoms with van der Waals surface area (Å²) in [5.74, 6) is -2.64. The van der Waals surface area contributed by atoms with Gasteiger partial charge in [-0.2, -0.15) is 18.3 Å². The third-order valence-corrected chi connectivity index (χ3v) is 5.03. The zero-order chi connectivity index (χ0) is 23.5. The first kappa shape index (κ1) is 23.5. The molecule has 0 aliphatic carbocycles. The average Bonchev–Trinajstić information content (AvgIpc) is 3.03. The van der Waals surface area contributed by atoms with Gasteiger partial charge in [0.2, 0.25) is 0 Å². The van der Waals surface area contributed by atoms with Gasteiger partial charge in [0.1, 0.15) is 0 Å². The van der Waals surface area contributed by atoms with Gasteiger partial charge in [-0.05, 0) is 54.5 Å². The van der Waals surface area contributed by atoms with Crippen LogP contribution in [0.4, 0.5) is 18.9 Å². The summed E-state index contributed by atoms with van der Waals surface area (Å²) in [4.78, 5) is 24.8. The van der Waals surface area contributed by atoms with E-state index in [1.165, 1.54) is 25.3 Å². The van der Waals surface area contributed by atoms with Crippen LogP contribution in [0.2, 0.25) is 5.02 Å². The van der Waals surface area contributed by atoms with E-state index in [0.29, 0.717) is 16.4 Å². The Bertz CT molecular complexity index is 1060. The first-order valence-electron chi connectivity index (χ1n) is 9.37. The molecule has 1 aliphatic rings. The molecule has 0 bridgehead atoms. The Morgan fingerprint density at radius 3 is 2.34 bits per heavy atom. The number of carboxylic acid groups (broad SMARTS) is 1. The van der Waals surface area contributed by atoms with Gasteiger partial charge in [-0.3, -0.25) is 4.79 Å². The highest BCUT2D eigenvalue weighted by molar-refractivity contribution is 6.30. The maximum absolute atomic E-state index is 13.0. The Labute approximate surface area is 186 Å². The van der Waals surface area contributed by atoms with Crippen LogP contribution >= 0.6 is 11.6 Å². The van der Waals surface area contributed by atoms with Gasteiger partial charge in [0.15, 0.2) is 0 Å². The second-order valence-electron chi connectivity index (χ2n) is 7.00. The van der Waals surface area contributed by atoms with Crippen molar-refractivity contribution in [2.45, 2.75) is 12.6 Å². The van der Waals surface area contributed by atoms with E-state index in [0.717, 1.165) is 17.1 Å². The number of ether oxygens (including phenoxy) is 1. The monoisotopic (exact) mass is 466 g/mol. The normalized spacial score (nSPS) is 17.0. The predicted octanol–water partition coefficient (Wildman–Crippen LogP) is 4.88. The van der Waals surface area contributed by atoms with Crippen molar-refractivity contribution in [1.29, 1.82) is 0 Å². The molecule has 2 aromatic carbocycles. The van der Waals surface area contributed by atoms with E-state index in [2.05, 4.69) is 5.10 Å². The van der Waals surface area contributed by atoms with Crippen LogP contribution in [0.25, 0.3) is 6.08 Å². The van der Waals surface area contributed by atoms with Crippen molar-refractivity contribution in [3.8, 4) is 0 Å². The standard InChI is InChI=1S/C22H18ClF3N2O4/c1-32-12-19-18(20(29)28(27-19)17-8-6-16(23)7-9-17)11-14(21(30)31)10-13-2-4-15(5-3-13)22(24,25)26/h2-10,18H,11-12H2,1H3,(H,30,31)/b14-10-. The number of benzene rings is 2. The summed E-state index contributed by atoms with van der Waals surface area (Å²) < 4.78 is 43.4. The molecule has 1 heterocycles. The highest BCUT2D eigenvalue weighted by atomic mass is 35.5. The Balaban J connectivity index is 1.88. The van der Waals surface area contributed by atoms with Crippen LogP contribution in [0, 0.1) is 5.92 Å². The van der Waals surface area contributed by atoms with Gasteiger partial charge >= 0.3 is 12.1 Å². The van der Waals surface area contributed by atoms with Crippen LogP contribution in [0.1, 0.15) is 17.5 Å². The van der Waals surface area contributed by atoms with Crippen molar-refractivity contribution in [3.05, 3.63) is 70.3 Å². The number of anilines is 1. The molecule has 1 aliphatic heterocycles. The number of hydrogen-bond donors (Lipinski definition) is 1. The molecule has 0 radical (unpaired) electrons. The fraction of sp³-hybridized carbons (Fsp3) is 0.227. The van der Waals surface area contributed by atoms with Crippen LogP contribution in [-0.2, 0) is 20.5 Å². The van der Waals surface area contributed by atoms with E-state index in [-0.39, 0.29) is 24.2 Å². The quantitative estimate of drug-likeness (QED) is 0.590. The van der Waals surface area contributed by atoms with Crippen LogP contribution in [-0.4, -0.2) is 36.4 Å². The summed E-state index contributed by atoms with van der Waals surface area (Å²) in [7, 11) is 1.42. The Kier molecular flexibility index (Phi) is 7.00. The number of carbonyl (C=O) groups excluding carboxylic acids is 1. The molecule has 0 saturated heterocycles. The van der Waals surface area contributed by atoms with Gasteiger partial charge in [0.25, 0.3) is 5.91 Å². The summed E-state index contributed by atoms with van der Waals surface area (Å²) in [5, 5.41) is 15.6. The Morgan fingerprint density at radius 1 is 1.19 bits per heavy atom. The lowest BCUT2D eigenvalue weighted by Crippen LogP contribution is -2.29. The lowest BCUT2D eigenvalue weighted by Gasteiger charge is -2.15. The summed E-state index contributed by atoms with van der Waals surface area (Å²) in [6.07, 6.45) is -3.46. The minimum absolute atomic E-state index is 0.00761. The van der Waals surface area contributed by atoms with E-state index in [1.807, 2.05) is 0 Å². The fourth-order valence-corrected chi connectivity index (χ4v) is 3.31. The topological polar surface area (TPSA) is 79.2 Å². The number of nitrogens with zero attached hydrogens (tertiary/aromatic N) is 2. The summed E-state index contributed by atoms with van der Waals surface area (Å²) in [5.41, 5.74) is 0.0715. The minimum Gasteiger partial charge on any atom is -0.478 e. The zero-order valence-corrected chi connectivity index (χ0v) is 17.5. The van der Waals surface area contributed by atoms with Crippen molar-refractivity contribution >= 4 is 41.0 Å². The van der Waals surface area contributed by atoms with Crippen LogP contribution < -0.4 is 5.01 Å². The molecule has 0 saturated carbocycles. The maximum atomic E-state index is 13.0. The van der Waals surface area contributed by atoms with Crippen LogP contribution in [0.5, 0.6) is 0 Å². The largest absolute Gasteiger partial charge is 0.478 e. The lowest BCUT2D eigenvalue weighted by molar-refractivity contribution is -0.137. The van der Waals surface area contributed by atoms with E-state index in [9.17, 15) is 27.9 Å². The SMILES string of the molecule is COCC1=NN(c2ccc(Cl)cc2)C(=O)C1C/C(=C/c1ccc(C(F)(F)F)cc1)C(=O)O. The second kappa shape index (κ2) is 9.54. The molecule has 3 rings (SSSR count). The summed E-state index contributed by atoms with van der Waals surface area (Å²) in [6.45, 7) is 0.00761. The van der Waals surface area contributed by atoms with Crippen molar-refractivity contribution in [3.63, 3.8) is 0 Å². The number of amides is 1. The van der Waals surface area contributed by atoms with Gasteiger partial charge in [0, 0.05) is 17.7 Å². The molecular weight excluding hydrogens is 449 g/mol. The molecule has 1 atom stereocenters. The van der Waals surface area contributed by atoms with E-state index in [1.54, 1.807) is 24.3 Å². The highest BCUT2D eigenvalue weighted by Gasteiger charge is 2.38. The third-order valence-electron chi connectivity index (χ3n) is 4.78. The first-order chi connectivity index (χ1) is 15.1. The van der Waals surface area contributed by atoms with Crippen molar-refractivity contribution < 1.29 is 32.6 Å². The first-order valence-corrected chi connectivity index (χ1v) is 9.75. The Morgan fingerprint density at radius 2 is 1.81 bits per heavy atom. The molecular formula is C22H18ClF3N2O4. The molecule has 0 spiro atoms. The lowest BCUT2D eigenvalue weighted by atomic mass is 9.93. The van der Waals surface area contributed by atoms with E-state index in [4.69, 9.17) is 16.3 Å². The number of carbonyl (C=O) groups is 2. The number of aliphatic carboxylic acids is 1. The van der Waals surface area contributed by atoms with Crippen LogP contribution in [0.3, 0.4) is 0 Å². The fourth-order valence-electron chi connectivity index (χ4n) is 3.18. The summed E-state index contributed by atoms with van der Waals surface area (Å²) >= 11 is 5.88. The van der Waals surface area contributed by atoms with Gasteiger partial charge in [-0.25, -0.2) is 9.80 Å². The molecule has 1 unspecified atom stereocenters. The number of hydrazone groups is 1. The molecule has 1 N–H and O–H groups in total. The number of rotatable bonds is 7. The van der Waals surface area contributed by atoms with Gasteiger partial charge in [0.05, 0.1) is 29.5 Å². The smallest absolute Gasteiger partial charge is 0.416 e. The summed E-state index contributed by atoms with van der Waals surface area (Å²) in [6, 6.07) is 10.5. The molecule has 2 aromatic rings. The maximum Gasteiger partial charge on any atom is 0.416 e. The average molecular weight is 467 g/mol. The third kappa shape index (κ3) is 5.35. The number of halogens is 4. The highest BCUT2D eigenvalue weighted by Crippen LogP contribution is 2.31. The molecule has 1 amide bonds. The molecule has 168 valence electrons. The second-order valence-corrected chi connectivity index (χ2v) is 7.44. The van der Waals surface area contributed by atoms with Gasteiger partial charge < -0.3 is 9.84 Å². The number of hydrogen-bond acceptors (Lipinski definition) is 4.